The zero-order valence-electron chi connectivity index (χ0n) is 9.40. The molecule has 0 saturated carbocycles. The van der Waals surface area contributed by atoms with E-state index in [4.69, 9.17) is 0 Å². The molecule has 1 heteroatoms. The number of nitrogens with zero attached hydrogens (tertiary/aromatic N) is 1. The van der Waals surface area contributed by atoms with Crippen LogP contribution < -0.4 is 0 Å². The maximum absolute atomic E-state index is 4.47. The third-order valence-electron chi connectivity index (χ3n) is 2.81. The Morgan fingerprint density at radius 2 is 2.20 bits per heavy atom. The van der Waals surface area contributed by atoms with Gasteiger partial charge in [-0.25, -0.2) is 0 Å². The molecule has 1 unspecified atom stereocenters. The Labute approximate surface area is 91.6 Å². The summed E-state index contributed by atoms with van der Waals surface area (Å²) in [7, 11) is 0. The molecule has 1 nitrogen and oxygen atoms in total. The Morgan fingerprint density at radius 1 is 1.33 bits per heavy atom. The Hall–Kier alpha value is -1.37. The van der Waals surface area contributed by atoms with Crippen LogP contribution in [0.4, 0.5) is 0 Å². The van der Waals surface area contributed by atoms with Gasteiger partial charge in [0.05, 0.1) is 0 Å². The van der Waals surface area contributed by atoms with E-state index in [1.807, 2.05) is 6.20 Å². The van der Waals surface area contributed by atoms with Crippen LogP contribution in [0.3, 0.4) is 0 Å². The van der Waals surface area contributed by atoms with Crippen molar-refractivity contribution in [3.63, 3.8) is 0 Å². The minimum absolute atomic E-state index is 0.486. The molecular formula is C14H17N. The van der Waals surface area contributed by atoms with E-state index in [0.29, 0.717) is 5.92 Å². The van der Waals surface area contributed by atoms with Crippen LogP contribution in [-0.2, 0) is 0 Å². The molecule has 0 aromatic carbocycles. The maximum Gasteiger partial charge on any atom is 0.0475 e. The summed E-state index contributed by atoms with van der Waals surface area (Å²) in [6.45, 7) is 4.28. The Bertz CT molecular complexity index is 402. The van der Waals surface area contributed by atoms with Gasteiger partial charge in [-0.1, -0.05) is 23.8 Å². The summed E-state index contributed by atoms with van der Waals surface area (Å²) in [6, 6.07) is 4.24. The largest absolute Gasteiger partial charge is 0.261 e. The van der Waals surface area contributed by atoms with Crippen LogP contribution >= 0.6 is 0 Å². The molecule has 0 bridgehead atoms. The highest BCUT2D eigenvalue weighted by Gasteiger charge is 2.11. The second-order valence-corrected chi connectivity index (χ2v) is 4.25. The lowest BCUT2D eigenvalue weighted by Crippen LogP contribution is -1.98. The summed E-state index contributed by atoms with van der Waals surface area (Å²) >= 11 is 0. The maximum atomic E-state index is 4.47. The average Bonchev–Trinajstić information content (AvgIpc) is 2.43. The third kappa shape index (κ3) is 2.56. The van der Waals surface area contributed by atoms with E-state index in [1.165, 1.54) is 23.3 Å². The van der Waals surface area contributed by atoms with Crippen LogP contribution in [0, 0.1) is 6.92 Å². The molecular weight excluding hydrogens is 182 g/mol. The number of allylic oxidation sites excluding steroid dienone is 4. The highest BCUT2D eigenvalue weighted by Crippen LogP contribution is 2.25. The third-order valence-corrected chi connectivity index (χ3v) is 2.81. The van der Waals surface area contributed by atoms with Crippen LogP contribution in [0.1, 0.15) is 36.9 Å². The van der Waals surface area contributed by atoms with Gasteiger partial charge in [0.25, 0.3) is 0 Å². The quantitative estimate of drug-likeness (QED) is 0.671. The molecule has 1 heterocycles. The summed E-state index contributed by atoms with van der Waals surface area (Å²) in [5.41, 5.74) is 3.85. The highest BCUT2D eigenvalue weighted by molar-refractivity contribution is 5.28. The van der Waals surface area contributed by atoms with Crippen LogP contribution in [-0.4, -0.2) is 4.98 Å². The molecule has 0 aliphatic heterocycles. The van der Waals surface area contributed by atoms with Crippen LogP contribution in [0.5, 0.6) is 0 Å². The van der Waals surface area contributed by atoms with Crippen molar-refractivity contribution in [2.45, 2.75) is 32.6 Å². The van der Waals surface area contributed by atoms with Crippen molar-refractivity contribution in [3.8, 4) is 0 Å². The van der Waals surface area contributed by atoms with E-state index in [2.05, 4.69) is 49.2 Å². The van der Waals surface area contributed by atoms with Crippen molar-refractivity contribution in [2.75, 3.05) is 0 Å². The zero-order chi connectivity index (χ0) is 10.7. The van der Waals surface area contributed by atoms with Gasteiger partial charge in [-0.2, -0.15) is 0 Å². The first-order valence-corrected chi connectivity index (χ1v) is 5.53. The smallest absolute Gasteiger partial charge is 0.0475 e. The predicted octanol–water partition coefficient (Wildman–Crippen LogP) is 3.77. The number of aryl methyl sites for hydroxylation is 1. The number of pyridine rings is 1. The zero-order valence-corrected chi connectivity index (χ0v) is 9.40. The van der Waals surface area contributed by atoms with Gasteiger partial charge in [-0.3, -0.25) is 4.98 Å². The summed E-state index contributed by atoms with van der Waals surface area (Å²) in [5, 5.41) is 0. The number of aromatic nitrogens is 1. The van der Waals surface area contributed by atoms with Gasteiger partial charge in [0.1, 0.15) is 0 Å². The van der Waals surface area contributed by atoms with Gasteiger partial charge in [0.15, 0.2) is 0 Å². The lowest BCUT2D eigenvalue weighted by molar-refractivity contribution is 0.730. The average molecular weight is 199 g/mol. The standard InChI is InChI=1S/C14H17N/c1-11-5-3-4-6-13(9-11)14-10-12(2)7-8-15-14/h3,5,7-10,13H,4,6H2,1-2H3. The first kappa shape index (κ1) is 10.2. The van der Waals surface area contributed by atoms with Crippen LogP contribution in [0.2, 0.25) is 0 Å². The Morgan fingerprint density at radius 3 is 3.00 bits per heavy atom. The SMILES string of the molecule is CC1=CC(c2cc(C)ccn2)CCC=C1. The van der Waals surface area contributed by atoms with Crippen molar-refractivity contribution in [2.24, 2.45) is 0 Å². The molecule has 15 heavy (non-hydrogen) atoms. The van der Waals surface area contributed by atoms with Gasteiger partial charge >= 0.3 is 0 Å². The first-order chi connectivity index (χ1) is 7.25. The number of rotatable bonds is 1. The Balaban J connectivity index is 2.27. The van der Waals surface area contributed by atoms with E-state index in [9.17, 15) is 0 Å². The molecule has 1 aromatic rings. The van der Waals surface area contributed by atoms with E-state index >= 15 is 0 Å². The lowest BCUT2D eigenvalue weighted by atomic mass is 9.97. The monoisotopic (exact) mass is 199 g/mol. The summed E-state index contributed by atoms with van der Waals surface area (Å²) in [6.07, 6.45) is 11.0. The second-order valence-electron chi connectivity index (χ2n) is 4.25. The van der Waals surface area contributed by atoms with Crippen molar-refractivity contribution >= 4 is 0 Å². The minimum Gasteiger partial charge on any atom is -0.261 e. The van der Waals surface area contributed by atoms with E-state index in [1.54, 1.807) is 0 Å². The molecule has 78 valence electrons. The van der Waals surface area contributed by atoms with Gasteiger partial charge in [-0.15, -0.1) is 0 Å². The molecule has 1 atom stereocenters. The number of hydrogen-bond acceptors (Lipinski definition) is 1. The highest BCUT2D eigenvalue weighted by atomic mass is 14.7. The summed E-state index contributed by atoms with van der Waals surface area (Å²) in [5.74, 6) is 0.486. The fourth-order valence-electron chi connectivity index (χ4n) is 2.00. The van der Waals surface area contributed by atoms with Gasteiger partial charge in [0.2, 0.25) is 0 Å². The summed E-state index contributed by atoms with van der Waals surface area (Å²) < 4.78 is 0. The van der Waals surface area contributed by atoms with E-state index in [-0.39, 0.29) is 0 Å². The van der Waals surface area contributed by atoms with Crippen LogP contribution in [0.25, 0.3) is 0 Å². The summed E-state index contributed by atoms with van der Waals surface area (Å²) in [4.78, 5) is 4.47. The molecule has 2 rings (SSSR count). The minimum atomic E-state index is 0.486. The van der Waals surface area contributed by atoms with Crippen molar-refractivity contribution in [1.29, 1.82) is 0 Å². The predicted molar refractivity (Wildman–Crippen MR) is 63.8 cm³/mol. The molecule has 0 amide bonds. The Kier molecular flexibility index (Phi) is 3.00. The molecule has 1 aromatic heterocycles. The van der Waals surface area contributed by atoms with Gasteiger partial charge in [-0.05, 0) is 44.4 Å². The van der Waals surface area contributed by atoms with Crippen molar-refractivity contribution < 1.29 is 0 Å². The number of hydrogen-bond donors (Lipinski definition) is 0. The molecule has 0 saturated heterocycles. The fourth-order valence-corrected chi connectivity index (χ4v) is 2.00. The van der Waals surface area contributed by atoms with Gasteiger partial charge < -0.3 is 0 Å². The van der Waals surface area contributed by atoms with Crippen molar-refractivity contribution in [1.82, 2.24) is 4.98 Å². The molecule has 1 aliphatic rings. The van der Waals surface area contributed by atoms with E-state index < -0.39 is 0 Å². The molecule has 0 N–H and O–H groups in total. The molecule has 0 spiro atoms. The van der Waals surface area contributed by atoms with Gasteiger partial charge in [0, 0.05) is 17.8 Å². The van der Waals surface area contributed by atoms with Crippen molar-refractivity contribution in [3.05, 3.63) is 53.4 Å². The lowest BCUT2D eigenvalue weighted by Gasteiger charge is -2.11. The van der Waals surface area contributed by atoms with Crippen LogP contribution in [0.15, 0.2) is 42.1 Å². The molecule has 0 radical (unpaired) electrons. The molecule has 0 fully saturated rings. The second kappa shape index (κ2) is 4.43. The first-order valence-electron chi connectivity index (χ1n) is 5.53. The normalized spacial score (nSPS) is 20.9. The molecule has 1 aliphatic carbocycles. The van der Waals surface area contributed by atoms with E-state index in [0.717, 1.165) is 6.42 Å². The topological polar surface area (TPSA) is 12.9 Å². The fraction of sp³-hybridized carbons (Fsp3) is 0.357.